The minimum absolute atomic E-state index is 0.104. The summed E-state index contributed by atoms with van der Waals surface area (Å²) in [6.45, 7) is 8.03. The number of benzene rings is 4. The summed E-state index contributed by atoms with van der Waals surface area (Å²) in [6, 6.07) is 34.1. The van der Waals surface area contributed by atoms with E-state index in [9.17, 15) is 4.79 Å². The molecule has 0 amide bonds. The van der Waals surface area contributed by atoms with Crippen molar-refractivity contribution >= 4 is 16.9 Å². The summed E-state index contributed by atoms with van der Waals surface area (Å²) < 4.78 is 12.0. The third-order valence-corrected chi connectivity index (χ3v) is 9.57. The zero-order valence-electron chi connectivity index (χ0n) is 22.6. The molecule has 0 unspecified atom stereocenters. The van der Waals surface area contributed by atoms with Crippen LogP contribution in [0.5, 0.6) is 5.75 Å². The maximum Gasteiger partial charge on any atom is 0.344 e. The van der Waals surface area contributed by atoms with Crippen LogP contribution < -0.4 is 4.74 Å². The van der Waals surface area contributed by atoms with E-state index >= 15 is 0 Å². The summed E-state index contributed by atoms with van der Waals surface area (Å²) in [7, 11) is -0.235. The second kappa shape index (κ2) is 11.1. The van der Waals surface area contributed by atoms with E-state index in [1.54, 1.807) is 0 Å². The molecule has 194 valence electrons. The second-order valence-corrected chi connectivity index (χ2v) is 12.6. The Bertz CT molecular complexity index is 1320. The van der Waals surface area contributed by atoms with Gasteiger partial charge in [-0.3, -0.25) is 0 Å². The molecule has 1 aliphatic carbocycles. The molecule has 0 spiro atoms. The smallest absolute Gasteiger partial charge is 0.344 e. The first-order valence-electron chi connectivity index (χ1n) is 13.2. The molecule has 0 aliphatic heterocycles. The molecule has 0 radical (unpaired) electrons. The van der Waals surface area contributed by atoms with Crippen LogP contribution in [0.15, 0.2) is 112 Å². The fourth-order valence-electron chi connectivity index (χ4n) is 5.37. The van der Waals surface area contributed by atoms with Gasteiger partial charge in [-0.25, -0.2) is 4.79 Å². The molecule has 4 aromatic carbocycles. The summed E-state index contributed by atoms with van der Waals surface area (Å²) in [4.78, 5) is 16.7. The van der Waals surface area contributed by atoms with E-state index in [2.05, 4.69) is 97.1 Å². The van der Waals surface area contributed by atoms with Gasteiger partial charge in [0.2, 0.25) is 0 Å². The van der Waals surface area contributed by atoms with Crippen LogP contribution in [0.1, 0.15) is 36.1 Å². The number of esters is 1. The first-order chi connectivity index (χ1) is 18.3. The summed E-state index contributed by atoms with van der Waals surface area (Å²) >= 11 is 0. The third kappa shape index (κ3) is 5.66. The molecule has 0 saturated heterocycles. The Morgan fingerprint density at radius 1 is 0.763 bits per heavy atom. The minimum Gasteiger partial charge on any atom is -0.481 e. The Hall–Kier alpha value is -3.50. The first-order valence-corrected chi connectivity index (χ1v) is 14.4. The van der Waals surface area contributed by atoms with Gasteiger partial charge in [0, 0.05) is 18.1 Å². The summed E-state index contributed by atoms with van der Waals surface area (Å²) in [5.74, 6) is 0.684. The molecular formula is C34H35O3S+. The maximum absolute atomic E-state index is 12.9. The molecule has 0 heterocycles. The minimum atomic E-state index is -0.562. The van der Waals surface area contributed by atoms with Crippen molar-refractivity contribution in [1.82, 2.24) is 0 Å². The zero-order valence-corrected chi connectivity index (χ0v) is 23.4. The van der Waals surface area contributed by atoms with E-state index < -0.39 is 5.60 Å². The highest BCUT2D eigenvalue weighted by Gasteiger charge is 2.37. The largest absolute Gasteiger partial charge is 0.481 e. The van der Waals surface area contributed by atoms with Gasteiger partial charge in [0.15, 0.2) is 21.3 Å². The van der Waals surface area contributed by atoms with Gasteiger partial charge in [-0.05, 0) is 87.1 Å². The first kappa shape index (κ1) is 26.1. The van der Waals surface area contributed by atoms with Crippen molar-refractivity contribution in [2.75, 3.05) is 6.61 Å². The average molecular weight is 524 g/mol. The lowest BCUT2D eigenvalue weighted by Gasteiger charge is -2.31. The van der Waals surface area contributed by atoms with Crippen LogP contribution >= 0.6 is 0 Å². The van der Waals surface area contributed by atoms with Crippen LogP contribution in [0, 0.1) is 19.8 Å². The number of hydrogen-bond acceptors (Lipinski definition) is 3. The molecule has 38 heavy (non-hydrogen) atoms. The lowest BCUT2D eigenvalue weighted by Crippen LogP contribution is -2.38. The standard InChI is InChI=1S/C34H35O3S/c1-24-19-31(38(29-15-7-5-8-16-29)30-17-9-6-10-18-30)20-25(2)33(24)36-23-32(35)37-34(3,4)28-21-26-13-11-12-14-27(26)22-28/h5-20,28H,21-23H2,1-4H3/q+1. The number of ether oxygens (including phenoxy) is 2. The van der Waals surface area contributed by atoms with Gasteiger partial charge in [0.05, 0.1) is 10.9 Å². The fraction of sp³-hybridized carbons (Fsp3) is 0.265. The van der Waals surface area contributed by atoms with Gasteiger partial charge in [0.1, 0.15) is 11.4 Å². The molecule has 4 heteroatoms. The van der Waals surface area contributed by atoms with E-state index in [-0.39, 0.29) is 29.4 Å². The number of fused-ring (bicyclic) bond motifs is 1. The maximum atomic E-state index is 12.9. The van der Waals surface area contributed by atoms with Gasteiger partial charge < -0.3 is 9.47 Å². The normalized spacial score (nSPS) is 13.4. The summed E-state index contributed by atoms with van der Waals surface area (Å²) in [6.07, 6.45) is 1.86. The molecule has 0 aromatic heterocycles. The average Bonchev–Trinajstić information content (AvgIpc) is 3.35. The van der Waals surface area contributed by atoms with Crippen LogP contribution in [0.3, 0.4) is 0 Å². The van der Waals surface area contributed by atoms with E-state index in [0.717, 1.165) is 29.7 Å². The van der Waals surface area contributed by atoms with E-state index in [0.29, 0.717) is 0 Å². The second-order valence-electron chi connectivity index (χ2n) is 10.6. The predicted molar refractivity (Wildman–Crippen MR) is 154 cm³/mol. The molecule has 0 fully saturated rings. The Morgan fingerprint density at radius 2 is 1.24 bits per heavy atom. The molecule has 0 N–H and O–H groups in total. The number of aryl methyl sites for hydroxylation is 2. The lowest BCUT2D eigenvalue weighted by atomic mass is 9.88. The van der Waals surface area contributed by atoms with E-state index in [1.807, 2.05) is 27.7 Å². The van der Waals surface area contributed by atoms with Crippen molar-refractivity contribution in [3.63, 3.8) is 0 Å². The molecule has 3 nitrogen and oxygen atoms in total. The summed E-state index contributed by atoms with van der Waals surface area (Å²) in [5.41, 5.74) is 4.18. The van der Waals surface area contributed by atoms with E-state index in [4.69, 9.17) is 9.47 Å². The number of hydrogen-bond donors (Lipinski definition) is 0. The van der Waals surface area contributed by atoms with Crippen molar-refractivity contribution in [3.8, 4) is 5.75 Å². The molecule has 0 bridgehead atoms. The van der Waals surface area contributed by atoms with Gasteiger partial charge in [0.25, 0.3) is 0 Å². The predicted octanol–water partition coefficient (Wildman–Crippen LogP) is 7.51. The number of rotatable bonds is 8. The van der Waals surface area contributed by atoms with Gasteiger partial charge >= 0.3 is 5.97 Å². The highest BCUT2D eigenvalue weighted by atomic mass is 32.2. The van der Waals surface area contributed by atoms with Crippen molar-refractivity contribution in [3.05, 3.63) is 119 Å². The quantitative estimate of drug-likeness (QED) is 0.177. The summed E-state index contributed by atoms with van der Waals surface area (Å²) in [5, 5.41) is 0. The Balaban J connectivity index is 1.29. The number of carbonyl (C=O) groups is 1. The molecule has 0 atom stereocenters. The van der Waals surface area contributed by atoms with E-state index in [1.165, 1.54) is 25.8 Å². The van der Waals surface area contributed by atoms with Gasteiger partial charge in [-0.1, -0.05) is 60.7 Å². The number of carbonyl (C=O) groups excluding carboxylic acids is 1. The molecule has 5 rings (SSSR count). The lowest BCUT2D eigenvalue weighted by molar-refractivity contribution is -0.163. The van der Waals surface area contributed by atoms with Gasteiger partial charge in [-0.15, -0.1) is 0 Å². The monoisotopic (exact) mass is 523 g/mol. The fourth-order valence-corrected chi connectivity index (χ4v) is 7.63. The Morgan fingerprint density at radius 3 is 1.74 bits per heavy atom. The van der Waals surface area contributed by atoms with Crippen LogP contribution in [-0.4, -0.2) is 18.2 Å². The zero-order chi connectivity index (χ0) is 26.7. The Kier molecular flexibility index (Phi) is 7.62. The molecule has 0 saturated carbocycles. The van der Waals surface area contributed by atoms with Gasteiger partial charge in [-0.2, -0.15) is 0 Å². The van der Waals surface area contributed by atoms with Crippen LogP contribution in [0.25, 0.3) is 0 Å². The molecule has 1 aliphatic rings. The van der Waals surface area contributed by atoms with Crippen molar-refractivity contribution in [2.45, 2.75) is 60.8 Å². The van der Waals surface area contributed by atoms with Crippen LogP contribution in [0.2, 0.25) is 0 Å². The Labute approximate surface area is 229 Å². The van der Waals surface area contributed by atoms with Crippen LogP contribution in [-0.2, 0) is 33.3 Å². The van der Waals surface area contributed by atoms with Crippen LogP contribution in [0.4, 0.5) is 0 Å². The highest BCUT2D eigenvalue weighted by molar-refractivity contribution is 7.97. The third-order valence-electron chi connectivity index (χ3n) is 7.37. The molecular weight excluding hydrogens is 488 g/mol. The van der Waals surface area contributed by atoms with Crippen molar-refractivity contribution < 1.29 is 14.3 Å². The van der Waals surface area contributed by atoms with Crippen molar-refractivity contribution in [2.24, 2.45) is 5.92 Å². The SMILES string of the molecule is Cc1cc([S+](c2ccccc2)c2ccccc2)cc(C)c1OCC(=O)OC(C)(C)C1Cc2ccccc2C1. The van der Waals surface area contributed by atoms with Crippen molar-refractivity contribution in [1.29, 1.82) is 0 Å². The highest BCUT2D eigenvalue weighted by Crippen LogP contribution is 2.37. The molecule has 4 aromatic rings. The topological polar surface area (TPSA) is 35.5 Å².